The van der Waals surface area contributed by atoms with Crippen molar-refractivity contribution in [2.75, 3.05) is 12.4 Å². The van der Waals surface area contributed by atoms with Crippen molar-refractivity contribution < 1.29 is 35.3 Å². The molecule has 0 aliphatic heterocycles. The SMILES string of the molecule is COc1ccc(S(=O)(=O)Oc2ccc(/C=C(\C#N)C(=O)Nc3ccccc3C(F)(F)F)cc2Br)cc1. The molecule has 1 amide bonds. The Bertz CT molecular complexity index is 1460. The molecule has 0 atom stereocenters. The lowest BCUT2D eigenvalue weighted by molar-refractivity contribution is -0.137. The zero-order valence-corrected chi connectivity index (χ0v) is 20.7. The summed E-state index contributed by atoms with van der Waals surface area (Å²) >= 11 is 3.18. The average molecular weight is 581 g/mol. The summed E-state index contributed by atoms with van der Waals surface area (Å²) in [5.41, 5.74) is -1.74. The highest BCUT2D eigenvalue weighted by Gasteiger charge is 2.33. The molecule has 12 heteroatoms. The number of para-hydroxylation sites is 1. The Kier molecular flexibility index (Phi) is 8.07. The number of nitrogens with one attached hydrogen (secondary N) is 1. The highest BCUT2D eigenvalue weighted by molar-refractivity contribution is 9.10. The van der Waals surface area contributed by atoms with E-state index in [9.17, 15) is 31.6 Å². The number of hydrogen-bond acceptors (Lipinski definition) is 6. The maximum Gasteiger partial charge on any atom is 0.418 e. The summed E-state index contributed by atoms with van der Waals surface area (Å²) in [6.45, 7) is 0. The van der Waals surface area contributed by atoms with Gasteiger partial charge in [-0.15, -0.1) is 0 Å². The summed E-state index contributed by atoms with van der Waals surface area (Å²) in [4.78, 5) is 12.4. The second-order valence-electron chi connectivity index (χ2n) is 7.07. The van der Waals surface area contributed by atoms with Crippen LogP contribution in [-0.4, -0.2) is 21.4 Å². The van der Waals surface area contributed by atoms with Crippen molar-refractivity contribution >= 4 is 43.7 Å². The third kappa shape index (κ3) is 6.44. The van der Waals surface area contributed by atoms with Gasteiger partial charge in [-0.05, 0) is 76.1 Å². The van der Waals surface area contributed by atoms with Gasteiger partial charge in [0, 0.05) is 0 Å². The number of hydrogen-bond donors (Lipinski definition) is 1. The molecule has 3 aromatic carbocycles. The molecule has 7 nitrogen and oxygen atoms in total. The topological polar surface area (TPSA) is 105 Å². The van der Waals surface area contributed by atoms with E-state index >= 15 is 0 Å². The number of nitriles is 1. The van der Waals surface area contributed by atoms with Crippen molar-refractivity contribution in [2.24, 2.45) is 0 Å². The summed E-state index contributed by atoms with van der Waals surface area (Å²) in [5.74, 6) is -0.650. The molecule has 0 saturated carbocycles. The van der Waals surface area contributed by atoms with Crippen molar-refractivity contribution in [1.82, 2.24) is 0 Å². The van der Waals surface area contributed by atoms with Crippen molar-refractivity contribution in [2.45, 2.75) is 11.1 Å². The number of methoxy groups -OCH3 is 1. The second kappa shape index (κ2) is 10.8. The third-order valence-electron chi connectivity index (χ3n) is 4.66. The van der Waals surface area contributed by atoms with Gasteiger partial charge in [0.1, 0.15) is 22.3 Å². The number of amides is 1. The van der Waals surface area contributed by atoms with Gasteiger partial charge < -0.3 is 14.2 Å². The number of rotatable bonds is 7. The standard InChI is InChI=1S/C24H16BrF3N2O5S/c1-34-17-7-9-18(10-8-17)36(32,33)35-22-11-6-15(13-20(22)25)12-16(14-29)23(31)30-21-5-3-2-4-19(21)24(26,27)28/h2-13H,1H3,(H,30,31)/b16-12+. The number of ether oxygens (including phenoxy) is 1. The van der Waals surface area contributed by atoms with Gasteiger partial charge in [-0.2, -0.15) is 26.9 Å². The first-order chi connectivity index (χ1) is 16.9. The van der Waals surface area contributed by atoms with Gasteiger partial charge in [-0.25, -0.2) is 0 Å². The van der Waals surface area contributed by atoms with Crippen LogP contribution in [0.4, 0.5) is 18.9 Å². The lowest BCUT2D eigenvalue weighted by Crippen LogP contribution is -2.17. The van der Waals surface area contributed by atoms with Crippen LogP contribution in [0.25, 0.3) is 6.08 Å². The van der Waals surface area contributed by atoms with Crippen LogP contribution in [0.3, 0.4) is 0 Å². The molecular formula is C24H16BrF3N2O5S. The number of anilines is 1. The van der Waals surface area contributed by atoms with Crippen molar-refractivity contribution in [1.29, 1.82) is 5.26 Å². The molecule has 0 radical (unpaired) electrons. The summed E-state index contributed by atoms with van der Waals surface area (Å²) < 4.78 is 75.0. The molecule has 0 saturated heterocycles. The minimum absolute atomic E-state index is 0.0648. The number of benzene rings is 3. The lowest BCUT2D eigenvalue weighted by atomic mass is 10.1. The van der Waals surface area contributed by atoms with Gasteiger partial charge in [0.15, 0.2) is 5.75 Å². The summed E-state index contributed by atoms with van der Waals surface area (Å²) in [6.07, 6.45) is -3.56. The molecule has 0 aromatic heterocycles. The smallest absolute Gasteiger partial charge is 0.418 e. The number of carbonyl (C=O) groups is 1. The van der Waals surface area contributed by atoms with E-state index in [1.165, 1.54) is 61.7 Å². The van der Waals surface area contributed by atoms with E-state index in [0.717, 1.165) is 18.2 Å². The van der Waals surface area contributed by atoms with Crippen LogP contribution in [0.5, 0.6) is 11.5 Å². The fourth-order valence-corrected chi connectivity index (χ4v) is 4.46. The Hall–Kier alpha value is -3.82. The molecule has 3 rings (SSSR count). The van der Waals surface area contributed by atoms with Gasteiger partial charge in [0.2, 0.25) is 0 Å². The predicted octanol–water partition coefficient (Wildman–Crippen LogP) is 5.79. The highest BCUT2D eigenvalue weighted by atomic mass is 79.9. The Labute approximate surface area is 213 Å². The number of alkyl halides is 3. The van der Waals surface area contributed by atoms with Crippen LogP contribution in [-0.2, 0) is 21.1 Å². The van der Waals surface area contributed by atoms with Crippen molar-refractivity contribution in [3.63, 3.8) is 0 Å². The molecular weight excluding hydrogens is 565 g/mol. The first-order valence-electron chi connectivity index (χ1n) is 9.92. The maximum absolute atomic E-state index is 13.2. The van der Waals surface area contributed by atoms with E-state index in [2.05, 4.69) is 21.2 Å². The van der Waals surface area contributed by atoms with Crippen LogP contribution in [0.2, 0.25) is 0 Å². The Morgan fingerprint density at radius 1 is 1.08 bits per heavy atom. The first kappa shape index (κ1) is 26.8. The molecule has 0 fully saturated rings. The zero-order valence-electron chi connectivity index (χ0n) is 18.3. The molecule has 36 heavy (non-hydrogen) atoms. The van der Waals surface area contributed by atoms with Gasteiger partial charge in [0.05, 0.1) is 22.8 Å². The Morgan fingerprint density at radius 2 is 1.75 bits per heavy atom. The van der Waals surface area contributed by atoms with E-state index in [-0.39, 0.29) is 20.7 Å². The predicted molar refractivity (Wildman–Crippen MR) is 129 cm³/mol. The van der Waals surface area contributed by atoms with Crippen LogP contribution in [0.15, 0.2) is 81.7 Å². The highest BCUT2D eigenvalue weighted by Crippen LogP contribution is 2.35. The van der Waals surface area contributed by atoms with Gasteiger partial charge >= 0.3 is 16.3 Å². The van der Waals surface area contributed by atoms with Crippen LogP contribution in [0, 0.1) is 11.3 Å². The normalized spacial score (nSPS) is 11.9. The molecule has 0 aliphatic carbocycles. The fraction of sp³-hybridized carbons (Fsp3) is 0.0833. The van der Waals surface area contributed by atoms with Gasteiger partial charge in [0.25, 0.3) is 5.91 Å². The quantitative estimate of drug-likeness (QED) is 0.215. The molecule has 0 heterocycles. The number of carbonyl (C=O) groups excluding carboxylic acids is 1. The fourth-order valence-electron chi connectivity index (χ4n) is 2.93. The van der Waals surface area contributed by atoms with Crippen LogP contribution >= 0.6 is 15.9 Å². The number of nitrogens with zero attached hydrogens (tertiary/aromatic N) is 1. The Balaban J connectivity index is 1.81. The monoisotopic (exact) mass is 580 g/mol. The van der Waals surface area contributed by atoms with Crippen LogP contribution < -0.4 is 14.2 Å². The molecule has 0 aliphatic rings. The average Bonchev–Trinajstić information content (AvgIpc) is 2.83. The summed E-state index contributed by atoms with van der Waals surface area (Å²) in [6, 6.07) is 15.6. The van der Waals surface area contributed by atoms with Crippen LogP contribution in [0.1, 0.15) is 11.1 Å². The van der Waals surface area contributed by atoms with Gasteiger partial charge in [-0.1, -0.05) is 18.2 Å². The van der Waals surface area contributed by atoms with E-state index in [1.54, 1.807) is 6.07 Å². The number of halogens is 4. The molecule has 186 valence electrons. The van der Waals surface area contributed by atoms with E-state index < -0.39 is 39.0 Å². The zero-order chi connectivity index (χ0) is 26.5. The largest absolute Gasteiger partial charge is 0.497 e. The molecule has 3 aromatic rings. The lowest BCUT2D eigenvalue weighted by Gasteiger charge is -2.13. The molecule has 1 N–H and O–H groups in total. The minimum atomic E-state index is -4.70. The molecule has 0 unspecified atom stereocenters. The molecule has 0 spiro atoms. The van der Waals surface area contributed by atoms with Gasteiger partial charge in [-0.3, -0.25) is 4.79 Å². The maximum atomic E-state index is 13.2. The van der Waals surface area contributed by atoms with Crippen molar-refractivity contribution in [3.05, 3.63) is 87.9 Å². The first-order valence-corrected chi connectivity index (χ1v) is 12.1. The van der Waals surface area contributed by atoms with Crippen molar-refractivity contribution in [3.8, 4) is 17.6 Å². The summed E-state index contributed by atoms with van der Waals surface area (Å²) in [5, 5.41) is 11.5. The van der Waals surface area contributed by atoms with E-state index in [1.807, 2.05) is 0 Å². The second-order valence-corrected chi connectivity index (χ2v) is 9.47. The molecule has 0 bridgehead atoms. The van der Waals surface area contributed by atoms with E-state index in [0.29, 0.717) is 5.75 Å². The third-order valence-corrected chi connectivity index (χ3v) is 6.53. The summed E-state index contributed by atoms with van der Waals surface area (Å²) in [7, 11) is -2.73. The van der Waals surface area contributed by atoms with E-state index in [4.69, 9.17) is 8.92 Å². The minimum Gasteiger partial charge on any atom is -0.497 e. The Morgan fingerprint density at radius 3 is 2.33 bits per heavy atom.